The van der Waals surface area contributed by atoms with Crippen LogP contribution in [0.1, 0.15) is 24.8 Å². The van der Waals surface area contributed by atoms with E-state index in [1.54, 1.807) is 0 Å². The van der Waals surface area contributed by atoms with Gasteiger partial charge in [0, 0.05) is 6.61 Å². The fourth-order valence-corrected chi connectivity index (χ4v) is 1.71. The molecule has 92 valence electrons. The number of allylic oxidation sites excluding steroid dienone is 1. The fourth-order valence-electron chi connectivity index (χ4n) is 1.71. The minimum atomic E-state index is 0.321. The third kappa shape index (κ3) is 3.49. The molecule has 0 aromatic heterocycles. The first-order valence-corrected chi connectivity index (χ1v) is 5.97. The SMILES string of the molecule is C=CCCCCOCc1ccc2c(c1)OCO2. The molecular weight excluding hydrogens is 216 g/mol. The molecule has 0 fully saturated rings. The molecule has 2 rings (SSSR count). The van der Waals surface area contributed by atoms with Crippen LogP contribution >= 0.6 is 0 Å². The molecule has 3 nitrogen and oxygen atoms in total. The average Bonchev–Trinajstić information content (AvgIpc) is 2.81. The molecule has 0 aliphatic carbocycles. The van der Waals surface area contributed by atoms with E-state index in [0.717, 1.165) is 42.9 Å². The van der Waals surface area contributed by atoms with Crippen LogP contribution in [0.25, 0.3) is 0 Å². The van der Waals surface area contributed by atoms with Gasteiger partial charge in [-0.15, -0.1) is 6.58 Å². The van der Waals surface area contributed by atoms with E-state index in [1.165, 1.54) is 0 Å². The van der Waals surface area contributed by atoms with Gasteiger partial charge in [0.15, 0.2) is 11.5 Å². The number of fused-ring (bicyclic) bond motifs is 1. The lowest BCUT2D eigenvalue weighted by atomic mass is 10.2. The van der Waals surface area contributed by atoms with Gasteiger partial charge in [-0.2, -0.15) is 0 Å². The van der Waals surface area contributed by atoms with Crippen molar-refractivity contribution in [1.82, 2.24) is 0 Å². The number of hydrogen-bond acceptors (Lipinski definition) is 3. The maximum Gasteiger partial charge on any atom is 0.231 e. The van der Waals surface area contributed by atoms with Crippen molar-refractivity contribution in [1.29, 1.82) is 0 Å². The largest absolute Gasteiger partial charge is 0.454 e. The van der Waals surface area contributed by atoms with Crippen LogP contribution in [0.4, 0.5) is 0 Å². The summed E-state index contributed by atoms with van der Waals surface area (Å²) in [7, 11) is 0. The Balaban J connectivity index is 1.70. The Morgan fingerprint density at radius 1 is 1.24 bits per heavy atom. The minimum Gasteiger partial charge on any atom is -0.454 e. The van der Waals surface area contributed by atoms with E-state index in [4.69, 9.17) is 14.2 Å². The second-order valence-electron chi connectivity index (χ2n) is 4.02. The summed E-state index contributed by atoms with van der Waals surface area (Å²) < 4.78 is 16.2. The second kappa shape index (κ2) is 6.30. The molecule has 0 spiro atoms. The van der Waals surface area contributed by atoms with Crippen molar-refractivity contribution in [2.24, 2.45) is 0 Å². The van der Waals surface area contributed by atoms with E-state index in [9.17, 15) is 0 Å². The predicted octanol–water partition coefficient (Wildman–Crippen LogP) is 3.29. The van der Waals surface area contributed by atoms with Crippen LogP contribution in [0.15, 0.2) is 30.9 Å². The summed E-state index contributed by atoms with van der Waals surface area (Å²) in [6.45, 7) is 5.44. The highest BCUT2D eigenvalue weighted by Gasteiger charge is 2.12. The van der Waals surface area contributed by atoms with Crippen molar-refractivity contribution in [3.63, 3.8) is 0 Å². The first-order chi connectivity index (χ1) is 8.40. The van der Waals surface area contributed by atoms with Crippen molar-refractivity contribution >= 4 is 0 Å². The van der Waals surface area contributed by atoms with Crippen molar-refractivity contribution in [3.8, 4) is 11.5 Å². The van der Waals surface area contributed by atoms with Crippen LogP contribution in [0, 0.1) is 0 Å². The van der Waals surface area contributed by atoms with Crippen LogP contribution in [-0.4, -0.2) is 13.4 Å². The van der Waals surface area contributed by atoms with Gasteiger partial charge < -0.3 is 14.2 Å². The summed E-state index contributed by atoms with van der Waals surface area (Å²) in [4.78, 5) is 0. The van der Waals surface area contributed by atoms with E-state index >= 15 is 0 Å². The number of unbranched alkanes of at least 4 members (excludes halogenated alkanes) is 2. The lowest BCUT2D eigenvalue weighted by Gasteiger charge is -2.05. The Morgan fingerprint density at radius 2 is 2.12 bits per heavy atom. The van der Waals surface area contributed by atoms with Crippen molar-refractivity contribution in [2.45, 2.75) is 25.9 Å². The highest BCUT2D eigenvalue weighted by molar-refractivity contribution is 5.44. The molecule has 1 aromatic carbocycles. The highest BCUT2D eigenvalue weighted by atomic mass is 16.7. The van der Waals surface area contributed by atoms with E-state index in [-0.39, 0.29) is 0 Å². The first-order valence-electron chi connectivity index (χ1n) is 5.97. The van der Waals surface area contributed by atoms with E-state index in [1.807, 2.05) is 24.3 Å². The van der Waals surface area contributed by atoms with E-state index < -0.39 is 0 Å². The number of ether oxygens (including phenoxy) is 3. The summed E-state index contributed by atoms with van der Waals surface area (Å²) in [5.74, 6) is 1.64. The quantitative estimate of drug-likeness (QED) is 0.535. The molecule has 0 saturated heterocycles. The molecule has 0 amide bonds. The molecule has 1 heterocycles. The molecule has 0 saturated carbocycles. The molecule has 0 radical (unpaired) electrons. The molecule has 0 atom stereocenters. The lowest BCUT2D eigenvalue weighted by Crippen LogP contribution is -1.95. The molecule has 0 bridgehead atoms. The zero-order valence-electron chi connectivity index (χ0n) is 9.98. The predicted molar refractivity (Wildman–Crippen MR) is 66.3 cm³/mol. The van der Waals surface area contributed by atoms with Crippen LogP contribution in [0.5, 0.6) is 11.5 Å². The third-order valence-electron chi connectivity index (χ3n) is 2.65. The topological polar surface area (TPSA) is 27.7 Å². The molecule has 3 heteroatoms. The van der Waals surface area contributed by atoms with Gasteiger partial charge in [0.25, 0.3) is 0 Å². The molecule has 1 aliphatic heterocycles. The number of hydrogen-bond donors (Lipinski definition) is 0. The Kier molecular flexibility index (Phi) is 4.45. The molecule has 1 aromatic rings. The van der Waals surface area contributed by atoms with Gasteiger partial charge in [-0.3, -0.25) is 0 Å². The first kappa shape index (κ1) is 12.0. The number of rotatable bonds is 7. The Hall–Kier alpha value is -1.48. The zero-order chi connectivity index (χ0) is 11.9. The van der Waals surface area contributed by atoms with Gasteiger partial charge in [-0.25, -0.2) is 0 Å². The second-order valence-corrected chi connectivity index (χ2v) is 4.02. The molecular formula is C14H18O3. The van der Waals surface area contributed by atoms with Gasteiger partial charge in [0.05, 0.1) is 6.61 Å². The summed E-state index contributed by atoms with van der Waals surface area (Å²) in [5.41, 5.74) is 1.12. The van der Waals surface area contributed by atoms with Gasteiger partial charge in [0.2, 0.25) is 6.79 Å². The van der Waals surface area contributed by atoms with Gasteiger partial charge in [-0.05, 0) is 37.0 Å². The monoisotopic (exact) mass is 234 g/mol. The normalized spacial score (nSPS) is 12.7. The molecule has 0 N–H and O–H groups in total. The fraction of sp³-hybridized carbons (Fsp3) is 0.429. The Morgan fingerprint density at radius 3 is 3.00 bits per heavy atom. The molecule has 0 unspecified atom stereocenters. The Bertz CT molecular complexity index is 374. The van der Waals surface area contributed by atoms with Crippen LogP contribution in [0.2, 0.25) is 0 Å². The van der Waals surface area contributed by atoms with Gasteiger partial charge in [-0.1, -0.05) is 12.1 Å². The molecule has 1 aliphatic rings. The molecule has 17 heavy (non-hydrogen) atoms. The Labute approximate surface area is 102 Å². The van der Waals surface area contributed by atoms with Crippen LogP contribution in [-0.2, 0) is 11.3 Å². The summed E-state index contributed by atoms with van der Waals surface area (Å²) in [6, 6.07) is 5.92. The lowest BCUT2D eigenvalue weighted by molar-refractivity contribution is 0.117. The summed E-state index contributed by atoms with van der Waals surface area (Å²) >= 11 is 0. The van der Waals surface area contributed by atoms with Crippen LogP contribution < -0.4 is 9.47 Å². The van der Waals surface area contributed by atoms with Crippen molar-refractivity contribution in [3.05, 3.63) is 36.4 Å². The summed E-state index contributed by atoms with van der Waals surface area (Å²) in [5, 5.41) is 0. The average molecular weight is 234 g/mol. The van der Waals surface area contributed by atoms with Crippen molar-refractivity contribution < 1.29 is 14.2 Å². The summed E-state index contributed by atoms with van der Waals surface area (Å²) in [6.07, 6.45) is 5.23. The minimum absolute atomic E-state index is 0.321. The maximum absolute atomic E-state index is 5.60. The van der Waals surface area contributed by atoms with E-state index in [2.05, 4.69) is 6.58 Å². The number of benzene rings is 1. The van der Waals surface area contributed by atoms with Crippen molar-refractivity contribution in [2.75, 3.05) is 13.4 Å². The highest BCUT2D eigenvalue weighted by Crippen LogP contribution is 2.32. The standard InChI is InChI=1S/C14H18O3/c1-2-3-4-5-8-15-10-12-6-7-13-14(9-12)17-11-16-13/h2,6-7,9H,1,3-5,8,10-11H2. The van der Waals surface area contributed by atoms with E-state index in [0.29, 0.717) is 13.4 Å². The third-order valence-corrected chi connectivity index (χ3v) is 2.65. The van der Waals surface area contributed by atoms with Crippen LogP contribution in [0.3, 0.4) is 0 Å². The zero-order valence-corrected chi connectivity index (χ0v) is 9.98. The smallest absolute Gasteiger partial charge is 0.231 e. The maximum atomic E-state index is 5.60. The van der Waals surface area contributed by atoms with Gasteiger partial charge >= 0.3 is 0 Å². The van der Waals surface area contributed by atoms with Gasteiger partial charge in [0.1, 0.15) is 0 Å².